The van der Waals surface area contributed by atoms with E-state index in [-0.39, 0.29) is 0 Å². The van der Waals surface area contributed by atoms with Crippen molar-refractivity contribution in [2.24, 2.45) is 0 Å². The Morgan fingerprint density at radius 2 is 2.22 bits per heavy atom. The summed E-state index contributed by atoms with van der Waals surface area (Å²) in [6.45, 7) is 0. The Kier molecular flexibility index (Phi) is 1.99. The largest absolute Gasteiger partial charge is 0.461 e. The maximum absolute atomic E-state index is 6.13. The number of halogens is 1. The van der Waals surface area contributed by atoms with Gasteiger partial charge in [0.1, 0.15) is 0 Å². The maximum atomic E-state index is 6.13. The molecular weight excluding hydrogens is 252 g/mol. The molecule has 1 aliphatic rings. The SMILES string of the molecule is Clc1nc2c(c3nc(-c4ccco4)nn13)CCC2. The molecule has 0 N–H and O–H groups in total. The molecule has 0 aliphatic heterocycles. The quantitative estimate of drug-likeness (QED) is 0.631. The van der Waals surface area contributed by atoms with Gasteiger partial charge in [-0.1, -0.05) is 0 Å². The summed E-state index contributed by atoms with van der Waals surface area (Å²) in [5.41, 5.74) is 3.00. The van der Waals surface area contributed by atoms with Gasteiger partial charge in [0.15, 0.2) is 11.4 Å². The molecule has 0 radical (unpaired) electrons. The van der Waals surface area contributed by atoms with Crippen molar-refractivity contribution < 1.29 is 4.42 Å². The van der Waals surface area contributed by atoms with E-state index in [9.17, 15) is 0 Å². The first kappa shape index (κ1) is 10.1. The lowest BCUT2D eigenvalue weighted by atomic mass is 10.2. The molecule has 1 aliphatic carbocycles. The van der Waals surface area contributed by atoms with Gasteiger partial charge in [-0.25, -0.2) is 9.97 Å². The molecule has 0 atom stereocenters. The zero-order valence-corrected chi connectivity index (χ0v) is 10.2. The van der Waals surface area contributed by atoms with E-state index in [1.807, 2.05) is 12.1 Å². The molecule has 0 spiro atoms. The lowest BCUT2D eigenvalue weighted by Crippen LogP contribution is -1.99. The van der Waals surface area contributed by atoms with E-state index in [1.165, 1.54) is 0 Å². The Morgan fingerprint density at radius 1 is 1.28 bits per heavy atom. The molecular formula is C12H9ClN4O. The summed E-state index contributed by atoms with van der Waals surface area (Å²) < 4.78 is 6.89. The van der Waals surface area contributed by atoms with E-state index in [0.717, 1.165) is 36.2 Å². The fourth-order valence-electron chi connectivity index (χ4n) is 2.40. The molecule has 0 saturated carbocycles. The third-order valence-electron chi connectivity index (χ3n) is 3.21. The molecule has 90 valence electrons. The number of furan rings is 1. The summed E-state index contributed by atoms with van der Waals surface area (Å²) in [5, 5.41) is 4.71. The lowest BCUT2D eigenvalue weighted by molar-refractivity contribution is 0.577. The third kappa shape index (κ3) is 1.31. The van der Waals surface area contributed by atoms with Gasteiger partial charge in [-0.2, -0.15) is 4.52 Å². The molecule has 6 heteroatoms. The minimum atomic E-state index is 0.357. The van der Waals surface area contributed by atoms with Gasteiger partial charge in [-0.3, -0.25) is 0 Å². The molecule has 0 aromatic carbocycles. The van der Waals surface area contributed by atoms with Crippen LogP contribution in [0.5, 0.6) is 0 Å². The average Bonchev–Trinajstić information content (AvgIpc) is 3.08. The van der Waals surface area contributed by atoms with Crippen molar-refractivity contribution in [1.82, 2.24) is 19.6 Å². The summed E-state index contributed by atoms with van der Waals surface area (Å²) in [6, 6.07) is 3.64. The molecule has 3 heterocycles. The Morgan fingerprint density at radius 3 is 3.06 bits per heavy atom. The van der Waals surface area contributed by atoms with Crippen LogP contribution in [0, 0.1) is 0 Å². The highest BCUT2D eigenvalue weighted by atomic mass is 35.5. The van der Waals surface area contributed by atoms with Crippen molar-refractivity contribution in [2.75, 3.05) is 0 Å². The normalized spacial score (nSPS) is 14.3. The van der Waals surface area contributed by atoms with E-state index >= 15 is 0 Å². The monoisotopic (exact) mass is 260 g/mol. The molecule has 0 bridgehead atoms. The average molecular weight is 261 g/mol. The van der Waals surface area contributed by atoms with Gasteiger partial charge in [-0.15, -0.1) is 5.10 Å². The molecule has 4 rings (SSSR count). The predicted molar refractivity (Wildman–Crippen MR) is 65.5 cm³/mol. The molecule has 0 fully saturated rings. The van der Waals surface area contributed by atoms with Gasteiger partial charge in [0, 0.05) is 5.56 Å². The number of fused-ring (bicyclic) bond motifs is 3. The van der Waals surface area contributed by atoms with Gasteiger partial charge in [0.05, 0.1) is 12.0 Å². The smallest absolute Gasteiger partial charge is 0.225 e. The van der Waals surface area contributed by atoms with Crippen molar-refractivity contribution in [2.45, 2.75) is 19.3 Å². The zero-order valence-electron chi connectivity index (χ0n) is 9.43. The maximum Gasteiger partial charge on any atom is 0.225 e. The van der Waals surface area contributed by atoms with Crippen LogP contribution in [-0.2, 0) is 12.8 Å². The summed E-state index contributed by atoms with van der Waals surface area (Å²) in [6.07, 6.45) is 4.65. The Labute approximate surface area is 107 Å². The van der Waals surface area contributed by atoms with Crippen molar-refractivity contribution in [3.63, 3.8) is 0 Å². The van der Waals surface area contributed by atoms with E-state index < -0.39 is 0 Å². The van der Waals surface area contributed by atoms with E-state index in [1.54, 1.807) is 10.8 Å². The van der Waals surface area contributed by atoms with Crippen LogP contribution in [0.3, 0.4) is 0 Å². The van der Waals surface area contributed by atoms with Crippen LogP contribution in [0.2, 0.25) is 5.28 Å². The highest BCUT2D eigenvalue weighted by Crippen LogP contribution is 2.27. The number of hydrogen-bond donors (Lipinski definition) is 0. The Hall–Kier alpha value is -1.88. The minimum absolute atomic E-state index is 0.357. The van der Waals surface area contributed by atoms with Gasteiger partial charge in [0.25, 0.3) is 0 Å². The van der Waals surface area contributed by atoms with Gasteiger partial charge in [-0.05, 0) is 43.0 Å². The number of rotatable bonds is 1. The first-order valence-corrected chi connectivity index (χ1v) is 6.18. The fourth-order valence-corrected chi connectivity index (χ4v) is 2.62. The van der Waals surface area contributed by atoms with Crippen molar-refractivity contribution in [3.05, 3.63) is 34.9 Å². The number of nitrogens with zero attached hydrogens (tertiary/aromatic N) is 4. The molecule has 5 nitrogen and oxygen atoms in total. The lowest BCUT2D eigenvalue weighted by Gasteiger charge is -2.00. The Balaban J connectivity index is 2.03. The third-order valence-corrected chi connectivity index (χ3v) is 3.45. The molecule has 18 heavy (non-hydrogen) atoms. The van der Waals surface area contributed by atoms with Crippen LogP contribution in [0.15, 0.2) is 22.8 Å². The minimum Gasteiger partial charge on any atom is -0.461 e. The van der Waals surface area contributed by atoms with Crippen molar-refractivity contribution in [3.8, 4) is 11.6 Å². The summed E-state index contributed by atoms with van der Waals surface area (Å²) in [5.74, 6) is 1.19. The summed E-state index contributed by atoms with van der Waals surface area (Å²) in [7, 11) is 0. The molecule has 3 aromatic rings. The number of hydrogen-bond acceptors (Lipinski definition) is 4. The number of aromatic nitrogens is 4. The number of aryl methyl sites for hydroxylation is 2. The predicted octanol–water partition coefficient (Wildman–Crippen LogP) is 2.53. The zero-order chi connectivity index (χ0) is 12.1. The second kappa shape index (κ2) is 3.55. The van der Waals surface area contributed by atoms with E-state index in [4.69, 9.17) is 16.0 Å². The standard InChI is InChI=1S/C12H9ClN4O/c13-12-14-8-4-1-3-7(8)11-15-10(16-17(11)12)9-5-2-6-18-9/h2,5-6H,1,3-4H2. The van der Waals surface area contributed by atoms with Gasteiger partial charge in [0.2, 0.25) is 11.1 Å². The van der Waals surface area contributed by atoms with Crippen LogP contribution in [-0.4, -0.2) is 19.6 Å². The van der Waals surface area contributed by atoms with E-state index in [0.29, 0.717) is 16.9 Å². The van der Waals surface area contributed by atoms with Crippen LogP contribution in [0.25, 0.3) is 17.2 Å². The van der Waals surface area contributed by atoms with Gasteiger partial charge >= 0.3 is 0 Å². The molecule has 0 amide bonds. The van der Waals surface area contributed by atoms with Gasteiger partial charge < -0.3 is 4.42 Å². The molecule has 0 saturated heterocycles. The van der Waals surface area contributed by atoms with Crippen LogP contribution in [0.1, 0.15) is 17.7 Å². The first-order valence-electron chi connectivity index (χ1n) is 5.81. The summed E-state index contributed by atoms with van der Waals surface area (Å²) >= 11 is 6.13. The van der Waals surface area contributed by atoms with E-state index in [2.05, 4.69) is 15.1 Å². The topological polar surface area (TPSA) is 56.2 Å². The van der Waals surface area contributed by atoms with Crippen LogP contribution in [0.4, 0.5) is 0 Å². The Bertz CT molecular complexity index is 732. The molecule has 0 unspecified atom stereocenters. The first-order chi connectivity index (χ1) is 8.83. The highest BCUT2D eigenvalue weighted by Gasteiger charge is 2.21. The fraction of sp³-hybridized carbons (Fsp3) is 0.250. The van der Waals surface area contributed by atoms with Crippen molar-refractivity contribution >= 4 is 17.2 Å². The summed E-state index contributed by atoms with van der Waals surface area (Å²) in [4.78, 5) is 8.89. The van der Waals surface area contributed by atoms with Crippen LogP contribution >= 0.6 is 11.6 Å². The highest BCUT2D eigenvalue weighted by molar-refractivity contribution is 6.28. The second-order valence-corrected chi connectivity index (χ2v) is 4.65. The van der Waals surface area contributed by atoms with Crippen LogP contribution < -0.4 is 0 Å². The van der Waals surface area contributed by atoms with Crippen molar-refractivity contribution in [1.29, 1.82) is 0 Å². The second-order valence-electron chi connectivity index (χ2n) is 4.31. The molecule has 3 aromatic heterocycles.